The van der Waals surface area contributed by atoms with Crippen LogP contribution in [-0.2, 0) is 6.42 Å². The van der Waals surface area contributed by atoms with Crippen LogP contribution >= 0.6 is 11.8 Å². The molecule has 3 heteroatoms. The van der Waals surface area contributed by atoms with Gasteiger partial charge in [0.25, 0.3) is 0 Å². The Bertz CT molecular complexity index is 523. The molecule has 0 amide bonds. The molecule has 1 atom stereocenters. The maximum atomic E-state index is 4.36. The summed E-state index contributed by atoms with van der Waals surface area (Å²) in [7, 11) is 2.02. The number of benzene rings is 1. The number of rotatable bonds is 7. The van der Waals surface area contributed by atoms with Crippen molar-refractivity contribution in [2.45, 2.75) is 31.3 Å². The smallest absolute Gasteiger partial charge is 0.0960 e. The molecule has 2 rings (SSSR count). The number of nitrogens with one attached hydrogen (secondary N) is 1. The zero-order chi connectivity index (χ0) is 15.1. The Morgan fingerprint density at radius 3 is 2.43 bits per heavy atom. The van der Waals surface area contributed by atoms with Crippen molar-refractivity contribution in [3.05, 3.63) is 59.8 Å². The monoisotopic (exact) mass is 300 g/mol. The second-order valence-corrected chi connectivity index (χ2v) is 6.70. The first-order chi connectivity index (χ1) is 10.2. The molecular formula is C18H24N2S. The van der Waals surface area contributed by atoms with E-state index in [1.807, 2.05) is 25.4 Å². The summed E-state index contributed by atoms with van der Waals surface area (Å²) in [6, 6.07) is 15.4. The molecule has 1 N–H and O–H groups in total. The molecule has 0 radical (unpaired) electrons. The molecule has 1 aromatic heterocycles. The summed E-state index contributed by atoms with van der Waals surface area (Å²) in [5, 5.41) is 4.48. The molecule has 0 spiro atoms. The highest BCUT2D eigenvalue weighted by molar-refractivity contribution is 7.99. The number of hydrogen-bond acceptors (Lipinski definition) is 3. The van der Waals surface area contributed by atoms with Crippen molar-refractivity contribution in [3.8, 4) is 0 Å². The van der Waals surface area contributed by atoms with Gasteiger partial charge in [-0.05, 0) is 42.6 Å². The number of hydrogen-bond donors (Lipinski definition) is 1. The third-order valence-corrected chi connectivity index (χ3v) is 4.45. The van der Waals surface area contributed by atoms with Crippen LogP contribution in [0.25, 0.3) is 0 Å². The molecule has 0 aliphatic rings. The molecule has 0 saturated carbocycles. The van der Waals surface area contributed by atoms with E-state index in [2.05, 4.69) is 54.5 Å². The van der Waals surface area contributed by atoms with Crippen molar-refractivity contribution in [3.63, 3.8) is 0 Å². The SMILES string of the molecule is CNC(CSc1ccccn1)c1ccc(CC(C)C)cc1. The first-order valence-electron chi connectivity index (χ1n) is 7.49. The third-order valence-electron chi connectivity index (χ3n) is 3.41. The average Bonchev–Trinajstić information content (AvgIpc) is 2.50. The highest BCUT2D eigenvalue weighted by atomic mass is 32.2. The number of nitrogens with zero attached hydrogens (tertiary/aromatic N) is 1. The van der Waals surface area contributed by atoms with E-state index in [1.54, 1.807) is 11.8 Å². The van der Waals surface area contributed by atoms with Gasteiger partial charge in [0, 0.05) is 18.0 Å². The van der Waals surface area contributed by atoms with Crippen LogP contribution < -0.4 is 5.32 Å². The summed E-state index contributed by atoms with van der Waals surface area (Å²) in [6.07, 6.45) is 2.99. The predicted octanol–water partition coefficient (Wildman–Crippen LogP) is 4.33. The molecule has 1 unspecified atom stereocenters. The van der Waals surface area contributed by atoms with Crippen LogP contribution in [0.5, 0.6) is 0 Å². The standard InChI is InChI=1S/C18H24N2S/c1-14(2)12-15-7-9-16(10-8-15)17(19-3)13-21-18-6-4-5-11-20-18/h4-11,14,17,19H,12-13H2,1-3H3. The van der Waals surface area contributed by atoms with E-state index in [1.165, 1.54) is 11.1 Å². The second kappa shape index (κ2) is 8.20. The van der Waals surface area contributed by atoms with Crippen molar-refractivity contribution in [2.75, 3.05) is 12.8 Å². The Morgan fingerprint density at radius 2 is 1.86 bits per heavy atom. The topological polar surface area (TPSA) is 24.9 Å². The highest BCUT2D eigenvalue weighted by Gasteiger charge is 2.10. The van der Waals surface area contributed by atoms with E-state index in [0.29, 0.717) is 12.0 Å². The van der Waals surface area contributed by atoms with Gasteiger partial charge in [-0.15, -0.1) is 11.8 Å². The molecule has 0 aliphatic carbocycles. The van der Waals surface area contributed by atoms with Gasteiger partial charge < -0.3 is 5.32 Å². The maximum absolute atomic E-state index is 4.36. The van der Waals surface area contributed by atoms with Crippen LogP contribution in [0.3, 0.4) is 0 Å². The number of thioether (sulfide) groups is 1. The molecule has 1 heterocycles. The van der Waals surface area contributed by atoms with Crippen LogP contribution in [0, 0.1) is 5.92 Å². The van der Waals surface area contributed by atoms with Crippen molar-refractivity contribution in [1.29, 1.82) is 0 Å². The van der Waals surface area contributed by atoms with E-state index >= 15 is 0 Å². The lowest BCUT2D eigenvalue weighted by Gasteiger charge is -2.17. The Morgan fingerprint density at radius 1 is 1.10 bits per heavy atom. The van der Waals surface area contributed by atoms with Gasteiger partial charge in [-0.25, -0.2) is 4.98 Å². The Hall–Kier alpha value is -1.32. The van der Waals surface area contributed by atoms with Crippen LogP contribution in [0.4, 0.5) is 0 Å². The van der Waals surface area contributed by atoms with Gasteiger partial charge in [0.1, 0.15) is 0 Å². The van der Waals surface area contributed by atoms with Crippen LogP contribution in [0.1, 0.15) is 31.0 Å². The van der Waals surface area contributed by atoms with E-state index < -0.39 is 0 Å². The molecule has 0 bridgehead atoms. The van der Waals surface area contributed by atoms with E-state index in [0.717, 1.165) is 17.2 Å². The van der Waals surface area contributed by atoms with E-state index in [-0.39, 0.29) is 0 Å². The van der Waals surface area contributed by atoms with Gasteiger partial charge in [0.15, 0.2) is 0 Å². The van der Waals surface area contributed by atoms with Gasteiger partial charge >= 0.3 is 0 Å². The molecular weight excluding hydrogens is 276 g/mol. The molecule has 21 heavy (non-hydrogen) atoms. The first-order valence-corrected chi connectivity index (χ1v) is 8.47. The Kier molecular flexibility index (Phi) is 6.27. The van der Waals surface area contributed by atoms with Crippen molar-refractivity contribution in [1.82, 2.24) is 10.3 Å². The molecule has 1 aromatic carbocycles. The minimum atomic E-state index is 0.352. The van der Waals surface area contributed by atoms with Crippen molar-refractivity contribution in [2.24, 2.45) is 5.92 Å². The zero-order valence-corrected chi connectivity index (χ0v) is 13.9. The molecule has 0 fully saturated rings. The van der Waals surface area contributed by atoms with Crippen LogP contribution in [0.2, 0.25) is 0 Å². The fourth-order valence-corrected chi connectivity index (χ4v) is 3.31. The minimum absolute atomic E-state index is 0.352. The van der Waals surface area contributed by atoms with Gasteiger partial charge in [-0.2, -0.15) is 0 Å². The third kappa shape index (κ3) is 5.18. The van der Waals surface area contributed by atoms with Gasteiger partial charge in [0.05, 0.1) is 5.03 Å². The largest absolute Gasteiger partial charge is 0.312 e. The summed E-state index contributed by atoms with van der Waals surface area (Å²) < 4.78 is 0. The number of pyridine rings is 1. The molecule has 2 aromatic rings. The summed E-state index contributed by atoms with van der Waals surface area (Å²) in [5.41, 5.74) is 2.76. The van der Waals surface area contributed by atoms with Crippen LogP contribution in [0.15, 0.2) is 53.7 Å². The maximum Gasteiger partial charge on any atom is 0.0960 e. The second-order valence-electron chi connectivity index (χ2n) is 5.66. The van der Waals surface area contributed by atoms with Crippen LogP contribution in [-0.4, -0.2) is 17.8 Å². The van der Waals surface area contributed by atoms with Crippen molar-refractivity contribution < 1.29 is 0 Å². The minimum Gasteiger partial charge on any atom is -0.312 e. The Labute approximate surface area is 132 Å². The summed E-state index contributed by atoms with van der Waals surface area (Å²) in [6.45, 7) is 4.52. The average molecular weight is 300 g/mol. The quantitative estimate of drug-likeness (QED) is 0.770. The zero-order valence-electron chi connectivity index (χ0n) is 13.0. The lowest BCUT2D eigenvalue weighted by molar-refractivity contribution is 0.643. The van der Waals surface area contributed by atoms with Gasteiger partial charge in [-0.1, -0.05) is 44.2 Å². The lowest BCUT2D eigenvalue weighted by atomic mass is 10.00. The molecule has 2 nitrogen and oxygen atoms in total. The number of aromatic nitrogens is 1. The van der Waals surface area contributed by atoms with Gasteiger partial charge in [0.2, 0.25) is 0 Å². The first kappa shape index (κ1) is 16.1. The normalized spacial score (nSPS) is 12.6. The highest BCUT2D eigenvalue weighted by Crippen LogP contribution is 2.23. The van der Waals surface area contributed by atoms with E-state index in [4.69, 9.17) is 0 Å². The van der Waals surface area contributed by atoms with Gasteiger partial charge in [-0.3, -0.25) is 0 Å². The molecule has 112 valence electrons. The fourth-order valence-electron chi connectivity index (χ4n) is 2.30. The Balaban J connectivity index is 1.97. The summed E-state index contributed by atoms with van der Waals surface area (Å²) in [4.78, 5) is 4.36. The fraction of sp³-hybridized carbons (Fsp3) is 0.389. The molecule has 0 saturated heterocycles. The molecule has 0 aliphatic heterocycles. The summed E-state index contributed by atoms with van der Waals surface area (Å²) in [5.74, 6) is 1.69. The summed E-state index contributed by atoms with van der Waals surface area (Å²) >= 11 is 1.79. The van der Waals surface area contributed by atoms with E-state index in [9.17, 15) is 0 Å². The lowest BCUT2D eigenvalue weighted by Crippen LogP contribution is -2.18. The van der Waals surface area contributed by atoms with Crippen molar-refractivity contribution >= 4 is 11.8 Å². The predicted molar refractivity (Wildman–Crippen MR) is 91.7 cm³/mol.